The van der Waals surface area contributed by atoms with E-state index >= 15 is 0 Å². The van der Waals surface area contributed by atoms with Gasteiger partial charge in [-0.15, -0.1) is 0 Å². The summed E-state index contributed by atoms with van der Waals surface area (Å²) in [7, 11) is 1.62. The van der Waals surface area contributed by atoms with Crippen LogP contribution in [0.3, 0.4) is 0 Å². The molecule has 18 heavy (non-hydrogen) atoms. The van der Waals surface area contributed by atoms with Crippen molar-refractivity contribution in [3.05, 3.63) is 12.1 Å². The number of rotatable bonds is 3. The molecule has 0 aliphatic heterocycles. The van der Waals surface area contributed by atoms with E-state index in [0.29, 0.717) is 23.0 Å². The van der Waals surface area contributed by atoms with Crippen molar-refractivity contribution >= 4 is 11.5 Å². The number of ether oxygens (including phenoxy) is 1. The lowest BCUT2D eigenvalue weighted by atomic mass is 9.75. The topological polar surface area (TPSA) is 60.2 Å². The van der Waals surface area contributed by atoms with E-state index < -0.39 is 0 Å². The zero-order chi connectivity index (χ0) is 13.2. The monoisotopic (exact) mass is 249 g/mol. The fourth-order valence-electron chi connectivity index (χ4n) is 2.42. The van der Waals surface area contributed by atoms with Crippen molar-refractivity contribution in [2.45, 2.75) is 45.6 Å². The van der Waals surface area contributed by atoms with Crippen LogP contribution in [0, 0.1) is 5.41 Å². The second-order valence-electron chi connectivity index (χ2n) is 5.87. The van der Waals surface area contributed by atoms with E-state index in [4.69, 9.17) is 10.5 Å². The zero-order valence-corrected chi connectivity index (χ0v) is 11.5. The molecule has 0 atom stereocenters. The summed E-state index contributed by atoms with van der Waals surface area (Å²) in [6.45, 7) is 4.67. The van der Waals surface area contributed by atoms with Gasteiger partial charge in [0.1, 0.15) is 0 Å². The molecule has 1 aliphatic carbocycles. The highest BCUT2D eigenvalue weighted by Crippen LogP contribution is 2.36. The van der Waals surface area contributed by atoms with Crippen LogP contribution in [0.4, 0.5) is 11.5 Å². The third-order valence-electron chi connectivity index (χ3n) is 3.79. The number of nitrogen functional groups attached to an aromatic ring is 1. The maximum absolute atomic E-state index is 5.93. The molecule has 0 bridgehead atoms. The third-order valence-corrected chi connectivity index (χ3v) is 3.79. The molecule has 1 fully saturated rings. The smallest absolute Gasteiger partial charge is 0.215 e. The van der Waals surface area contributed by atoms with Gasteiger partial charge in [-0.05, 0) is 37.2 Å². The van der Waals surface area contributed by atoms with Gasteiger partial charge < -0.3 is 15.8 Å². The minimum absolute atomic E-state index is 0.472. The van der Waals surface area contributed by atoms with E-state index in [9.17, 15) is 0 Å². The van der Waals surface area contributed by atoms with E-state index in [1.165, 1.54) is 25.7 Å². The van der Waals surface area contributed by atoms with Crippen molar-refractivity contribution in [2.75, 3.05) is 18.2 Å². The van der Waals surface area contributed by atoms with Crippen molar-refractivity contribution in [3.8, 4) is 5.88 Å². The van der Waals surface area contributed by atoms with Gasteiger partial charge in [-0.2, -0.15) is 4.98 Å². The maximum Gasteiger partial charge on any atom is 0.215 e. The largest absolute Gasteiger partial charge is 0.481 e. The molecule has 3 N–H and O–H groups in total. The average Bonchev–Trinajstić information content (AvgIpc) is 2.34. The molecule has 1 heterocycles. The second kappa shape index (κ2) is 5.04. The van der Waals surface area contributed by atoms with Crippen LogP contribution in [-0.4, -0.2) is 18.1 Å². The van der Waals surface area contributed by atoms with Gasteiger partial charge in [0, 0.05) is 12.1 Å². The number of nitrogens with two attached hydrogens (primary N) is 1. The molecule has 100 valence electrons. The number of hydrogen-bond donors (Lipinski definition) is 2. The normalized spacial score (nSPS) is 19.5. The summed E-state index contributed by atoms with van der Waals surface area (Å²) < 4.78 is 5.13. The van der Waals surface area contributed by atoms with E-state index in [2.05, 4.69) is 24.1 Å². The third kappa shape index (κ3) is 3.06. The number of methoxy groups -OCH3 is 1. The van der Waals surface area contributed by atoms with Crippen LogP contribution in [0.25, 0.3) is 0 Å². The van der Waals surface area contributed by atoms with Crippen molar-refractivity contribution < 1.29 is 4.74 Å². The Hall–Kier alpha value is -1.45. The number of nitrogens with zero attached hydrogens (tertiary/aromatic N) is 1. The predicted octanol–water partition coefficient (Wildman–Crippen LogP) is 3.05. The van der Waals surface area contributed by atoms with Crippen LogP contribution in [0.2, 0.25) is 0 Å². The SMILES string of the molecule is COc1ccc(N)c(NC2CCC(C)(C)CC2)n1. The summed E-state index contributed by atoms with van der Waals surface area (Å²) in [5, 5.41) is 3.45. The number of anilines is 2. The Morgan fingerprint density at radius 1 is 1.33 bits per heavy atom. The molecule has 0 aromatic carbocycles. The van der Waals surface area contributed by atoms with Crippen LogP contribution in [-0.2, 0) is 0 Å². The van der Waals surface area contributed by atoms with Crippen molar-refractivity contribution in [1.29, 1.82) is 0 Å². The Morgan fingerprint density at radius 3 is 2.61 bits per heavy atom. The molecule has 4 nitrogen and oxygen atoms in total. The standard InChI is InChI=1S/C14H23N3O/c1-14(2)8-6-10(7-9-14)16-13-11(15)4-5-12(17-13)18-3/h4-5,10H,6-9,15H2,1-3H3,(H,16,17). The molecule has 1 aromatic rings. The fraction of sp³-hybridized carbons (Fsp3) is 0.643. The molecule has 2 rings (SSSR count). The Morgan fingerprint density at radius 2 is 2.00 bits per heavy atom. The summed E-state index contributed by atoms with van der Waals surface area (Å²) >= 11 is 0. The lowest BCUT2D eigenvalue weighted by molar-refractivity contribution is 0.232. The molecular formula is C14H23N3O. The van der Waals surface area contributed by atoms with E-state index in [1.807, 2.05) is 6.07 Å². The summed E-state index contributed by atoms with van der Waals surface area (Å²) in [4.78, 5) is 4.36. The molecule has 1 aromatic heterocycles. The van der Waals surface area contributed by atoms with Gasteiger partial charge in [0.2, 0.25) is 5.88 Å². The zero-order valence-electron chi connectivity index (χ0n) is 11.5. The Balaban J connectivity index is 2.01. The first-order chi connectivity index (χ1) is 8.50. The summed E-state index contributed by atoms with van der Waals surface area (Å²) in [6, 6.07) is 4.09. The first-order valence-electron chi connectivity index (χ1n) is 6.57. The van der Waals surface area contributed by atoms with Gasteiger partial charge in [-0.25, -0.2) is 0 Å². The van der Waals surface area contributed by atoms with Crippen LogP contribution >= 0.6 is 0 Å². The van der Waals surface area contributed by atoms with Crippen molar-refractivity contribution in [2.24, 2.45) is 5.41 Å². The van der Waals surface area contributed by atoms with Gasteiger partial charge in [-0.1, -0.05) is 13.8 Å². The first kappa shape index (κ1) is 13.0. The lowest BCUT2D eigenvalue weighted by Gasteiger charge is -2.35. The average molecular weight is 249 g/mol. The van der Waals surface area contributed by atoms with Crippen LogP contribution in [0.15, 0.2) is 12.1 Å². The Kier molecular flexibility index (Phi) is 3.64. The molecule has 0 spiro atoms. The van der Waals surface area contributed by atoms with E-state index in [1.54, 1.807) is 13.2 Å². The van der Waals surface area contributed by atoms with Gasteiger partial charge >= 0.3 is 0 Å². The van der Waals surface area contributed by atoms with Crippen LogP contribution in [0.1, 0.15) is 39.5 Å². The van der Waals surface area contributed by atoms with E-state index in [-0.39, 0.29) is 0 Å². The number of nitrogens with one attached hydrogen (secondary N) is 1. The molecule has 0 unspecified atom stereocenters. The van der Waals surface area contributed by atoms with Gasteiger partial charge in [0.25, 0.3) is 0 Å². The van der Waals surface area contributed by atoms with Crippen LogP contribution in [0.5, 0.6) is 5.88 Å². The second-order valence-corrected chi connectivity index (χ2v) is 5.87. The number of pyridine rings is 1. The quantitative estimate of drug-likeness (QED) is 0.864. The molecule has 1 aliphatic rings. The maximum atomic E-state index is 5.93. The summed E-state index contributed by atoms with van der Waals surface area (Å²) in [6.07, 6.45) is 4.83. The molecule has 1 saturated carbocycles. The molecule has 4 heteroatoms. The van der Waals surface area contributed by atoms with Gasteiger partial charge in [0.15, 0.2) is 5.82 Å². The highest BCUT2D eigenvalue weighted by Gasteiger charge is 2.27. The molecule has 0 amide bonds. The minimum Gasteiger partial charge on any atom is -0.481 e. The van der Waals surface area contributed by atoms with Gasteiger partial charge in [-0.3, -0.25) is 0 Å². The fourth-order valence-corrected chi connectivity index (χ4v) is 2.42. The number of aromatic nitrogens is 1. The minimum atomic E-state index is 0.472. The molecule has 0 saturated heterocycles. The van der Waals surface area contributed by atoms with Crippen molar-refractivity contribution in [3.63, 3.8) is 0 Å². The molecule has 0 radical (unpaired) electrons. The van der Waals surface area contributed by atoms with Gasteiger partial charge in [0.05, 0.1) is 12.8 Å². The highest BCUT2D eigenvalue weighted by molar-refractivity contribution is 5.62. The van der Waals surface area contributed by atoms with E-state index in [0.717, 1.165) is 5.82 Å². The Bertz CT molecular complexity index is 408. The summed E-state index contributed by atoms with van der Waals surface area (Å²) in [5.74, 6) is 1.35. The predicted molar refractivity (Wildman–Crippen MR) is 74.9 cm³/mol. The highest BCUT2D eigenvalue weighted by atomic mass is 16.5. The molecular weight excluding hydrogens is 226 g/mol. The van der Waals surface area contributed by atoms with Crippen LogP contribution < -0.4 is 15.8 Å². The van der Waals surface area contributed by atoms with Crippen molar-refractivity contribution in [1.82, 2.24) is 4.98 Å². The number of hydrogen-bond acceptors (Lipinski definition) is 4. The first-order valence-corrected chi connectivity index (χ1v) is 6.57. The lowest BCUT2D eigenvalue weighted by Crippen LogP contribution is -2.30. The summed E-state index contributed by atoms with van der Waals surface area (Å²) in [5.41, 5.74) is 7.09. The Labute approximate surface area is 109 Å².